The summed E-state index contributed by atoms with van der Waals surface area (Å²) in [5, 5.41) is 12.9. The van der Waals surface area contributed by atoms with E-state index in [1.165, 1.54) is 0 Å². The molecular weight excluding hydrogens is 268 g/mol. The third-order valence-corrected chi connectivity index (χ3v) is 3.99. The van der Waals surface area contributed by atoms with E-state index < -0.39 is 11.5 Å². The third-order valence-electron chi connectivity index (χ3n) is 3.99. The van der Waals surface area contributed by atoms with Crippen LogP contribution in [-0.4, -0.2) is 47.1 Å². The summed E-state index contributed by atoms with van der Waals surface area (Å²) in [7, 11) is 0. The smallest absolute Gasteiger partial charge is 0.225 e. The summed E-state index contributed by atoms with van der Waals surface area (Å²) in [6.07, 6.45) is 0.225. The molecule has 5 heteroatoms. The van der Waals surface area contributed by atoms with Gasteiger partial charge in [0.2, 0.25) is 11.8 Å². The Hall–Kier alpha value is -1.10. The number of likely N-dealkylation sites (tertiary alicyclic amines) is 1. The maximum atomic E-state index is 12.2. The number of aliphatic hydroxyl groups excluding tert-OH is 1. The molecule has 2 N–H and O–H groups in total. The molecule has 3 atom stereocenters. The van der Waals surface area contributed by atoms with Crippen molar-refractivity contribution in [2.45, 2.75) is 60.1 Å². The second-order valence-corrected chi connectivity index (χ2v) is 7.55. The highest BCUT2D eigenvalue weighted by Crippen LogP contribution is 2.23. The first-order chi connectivity index (χ1) is 9.52. The molecule has 0 aromatic rings. The Bertz CT molecular complexity index is 385. The van der Waals surface area contributed by atoms with Crippen LogP contribution in [0.2, 0.25) is 0 Å². The maximum absolute atomic E-state index is 12.2. The van der Waals surface area contributed by atoms with E-state index in [2.05, 4.69) is 5.32 Å². The van der Waals surface area contributed by atoms with Crippen molar-refractivity contribution >= 4 is 11.8 Å². The van der Waals surface area contributed by atoms with Crippen molar-refractivity contribution in [3.63, 3.8) is 0 Å². The number of rotatable bonds is 3. The summed E-state index contributed by atoms with van der Waals surface area (Å²) < 4.78 is 0. The van der Waals surface area contributed by atoms with E-state index in [0.717, 1.165) is 0 Å². The van der Waals surface area contributed by atoms with Gasteiger partial charge >= 0.3 is 0 Å². The number of nitrogens with one attached hydrogen (secondary N) is 1. The summed E-state index contributed by atoms with van der Waals surface area (Å²) in [4.78, 5) is 26.1. The van der Waals surface area contributed by atoms with Gasteiger partial charge in [-0.15, -0.1) is 0 Å². The predicted octanol–water partition coefficient (Wildman–Crippen LogP) is 1.40. The molecule has 0 radical (unpaired) electrons. The first-order valence-electron chi connectivity index (χ1n) is 7.80. The van der Waals surface area contributed by atoms with Gasteiger partial charge in [0.05, 0.1) is 6.10 Å². The minimum absolute atomic E-state index is 0.00622. The molecule has 1 aliphatic heterocycles. The van der Waals surface area contributed by atoms with E-state index in [1.807, 2.05) is 34.6 Å². The molecular formula is C16H30N2O3. The van der Waals surface area contributed by atoms with Crippen LogP contribution in [0.5, 0.6) is 0 Å². The zero-order valence-corrected chi connectivity index (χ0v) is 14.1. The molecule has 1 heterocycles. The van der Waals surface area contributed by atoms with Crippen LogP contribution in [0.25, 0.3) is 0 Å². The van der Waals surface area contributed by atoms with E-state index >= 15 is 0 Å². The molecule has 0 spiro atoms. The van der Waals surface area contributed by atoms with Gasteiger partial charge in [0.1, 0.15) is 0 Å². The lowest BCUT2D eigenvalue weighted by Gasteiger charge is -2.40. The van der Waals surface area contributed by atoms with Crippen molar-refractivity contribution in [2.24, 2.45) is 17.3 Å². The van der Waals surface area contributed by atoms with Crippen molar-refractivity contribution in [1.82, 2.24) is 10.2 Å². The molecule has 2 amide bonds. The van der Waals surface area contributed by atoms with Gasteiger partial charge < -0.3 is 15.3 Å². The van der Waals surface area contributed by atoms with Crippen molar-refractivity contribution in [1.29, 1.82) is 0 Å². The minimum atomic E-state index is -0.484. The lowest BCUT2D eigenvalue weighted by molar-refractivity contribution is -0.139. The van der Waals surface area contributed by atoms with Crippen molar-refractivity contribution in [3.05, 3.63) is 0 Å². The molecule has 0 bridgehead atoms. The fraction of sp³-hybridized carbons (Fsp3) is 0.875. The number of aliphatic hydroxyl groups is 1. The predicted molar refractivity (Wildman–Crippen MR) is 82.6 cm³/mol. The van der Waals surface area contributed by atoms with Crippen molar-refractivity contribution in [3.8, 4) is 0 Å². The fourth-order valence-corrected chi connectivity index (χ4v) is 2.54. The molecule has 0 aromatic heterocycles. The van der Waals surface area contributed by atoms with Crippen LogP contribution in [0.1, 0.15) is 48.0 Å². The maximum Gasteiger partial charge on any atom is 0.225 e. The molecule has 0 aliphatic carbocycles. The first-order valence-corrected chi connectivity index (χ1v) is 7.80. The van der Waals surface area contributed by atoms with Crippen LogP contribution in [0.3, 0.4) is 0 Å². The molecule has 0 aromatic carbocycles. The van der Waals surface area contributed by atoms with E-state index in [4.69, 9.17) is 0 Å². The van der Waals surface area contributed by atoms with Crippen LogP contribution < -0.4 is 5.32 Å². The Kier molecular flexibility index (Phi) is 5.79. The van der Waals surface area contributed by atoms with Crippen LogP contribution in [0, 0.1) is 17.3 Å². The van der Waals surface area contributed by atoms with E-state index in [0.29, 0.717) is 19.5 Å². The van der Waals surface area contributed by atoms with E-state index in [9.17, 15) is 14.7 Å². The van der Waals surface area contributed by atoms with Gasteiger partial charge in [0.15, 0.2) is 0 Å². The molecule has 21 heavy (non-hydrogen) atoms. The lowest BCUT2D eigenvalue weighted by Crippen LogP contribution is -2.56. The van der Waals surface area contributed by atoms with Gasteiger partial charge in [-0.25, -0.2) is 0 Å². The average Bonchev–Trinajstić information content (AvgIpc) is 2.36. The summed E-state index contributed by atoms with van der Waals surface area (Å²) in [5.41, 5.74) is -0.454. The van der Waals surface area contributed by atoms with Gasteiger partial charge in [-0.3, -0.25) is 9.59 Å². The molecule has 1 rings (SSSR count). The summed E-state index contributed by atoms with van der Waals surface area (Å²) >= 11 is 0. The Morgan fingerprint density at radius 1 is 1.19 bits per heavy atom. The Labute approximate surface area is 128 Å². The number of hydrogen-bond donors (Lipinski definition) is 2. The topological polar surface area (TPSA) is 69.6 Å². The van der Waals surface area contributed by atoms with Crippen LogP contribution in [0.15, 0.2) is 0 Å². The number of carbonyl (C=O) groups excluding carboxylic acids is 2. The Balaban J connectivity index is 2.80. The number of nitrogens with zero attached hydrogens (tertiary/aromatic N) is 1. The lowest BCUT2D eigenvalue weighted by atomic mass is 9.88. The standard InChI is InChI=1S/C16H30N2O3/c1-10(2)14(20)18-8-12(11(3)19)7-13(9-18)17-15(21)16(4,5)6/h10-13,19H,7-9H2,1-6H3,(H,17,21). The van der Waals surface area contributed by atoms with Crippen LogP contribution in [0.4, 0.5) is 0 Å². The van der Waals surface area contributed by atoms with Crippen molar-refractivity contribution in [2.75, 3.05) is 13.1 Å². The highest BCUT2D eigenvalue weighted by atomic mass is 16.3. The van der Waals surface area contributed by atoms with E-state index in [1.54, 1.807) is 11.8 Å². The van der Waals surface area contributed by atoms with Crippen molar-refractivity contribution < 1.29 is 14.7 Å². The molecule has 5 nitrogen and oxygen atoms in total. The number of hydrogen-bond acceptors (Lipinski definition) is 3. The molecule has 1 saturated heterocycles. The Morgan fingerprint density at radius 2 is 1.76 bits per heavy atom. The highest BCUT2D eigenvalue weighted by molar-refractivity contribution is 5.82. The molecule has 1 fully saturated rings. The molecule has 3 unspecified atom stereocenters. The summed E-state index contributed by atoms with van der Waals surface area (Å²) in [5.74, 6) is -0.00511. The first kappa shape index (κ1) is 18.0. The van der Waals surface area contributed by atoms with Gasteiger partial charge in [-0.1, -0.05) is 34.6 Å². The Morgan fingerprint density at radius 3 is 2.19 bits per heavy atom. The zero-order valence-electron chi connectivity index (χ0n) is 14.1. The summed E-state index contributed by atoms with van der Waals surface area (Å²) in [6, 6.07) is -0.0900. The SMILES string of the molecule is CC(C)C(=O)N1CC(NC(=O)C(C)(C)C)CC(C(C)O)C1. The number of amides is 2. The molecule has 0 saturated carbocycles. The summed E-state index contributed by atoms with van der Waals surface area (Å²) in [6.45, 7) is 12.2. The third kappa shape index (κ3) is 4.99. The minimum Gasteiger partial charge on any atom is -0.393 e. The largest absolute Gasteiger partial charge is 0.393 e. The molecule has 122 valence electrons. The second-order valence-electron chi connectivity index (χ2n) is 7.55. The molecule has 1 aliphatic rings. The fourth-order valence-electron chi connectivity index (χ4n) is 2.54. The van der Waals surface area contributed by atoms with E-state index in [-0.39, 0.29) is 29.7 Å². The van der Waals surface area contributed by atoms with Gasteiger partial charge in [-0.2, -0.15) is 0 Å². The normalized spacial score (nSPS) is 24.9. The second kappa shape index (κ2) is 6.77. The number of carbonyl (C=O) groups is 2. The van der Waals surface area contributed by atoms with Crippen LogP contribution >= 0.6 is 0 Å². The highest BCUT2D eigenvalue weighted by Gasteiger charge is 2.35. The quantitative estimate of drug-likeness (QED) is 0.827. The monoisotopic (exact) mass is 298 g/mol. The van der Waals surface area contributed by atoms with Gasteiger partial charge in [0.25, 0.3) is 0 Å². The zero-order chi connectivity index (χ0) is 16.4. The number of piperidine rings is 1. The average molecular weight is 298 g/mol. The van der Waals surface area contributed by atoms with Crippen LogP contribution in [-0.2, 0) is 9.59 Å². The van der Waals surface area contributed by atoms with Gasteiger partial charge in [0, 0.05) is 36.4 Å². The van der Waals surface area contributed by atoms with Gasteiger partial charge in [-0.05, 0) is 13.3 Å².